The van der Waals surface area contributed by atoms with E-state index in [1.54, 1.807) is 13.0 Å². The molecular weight excluding hydrogens is 462 g/mol. The molecule has 36 heavy (non-hydrogen) atoms. The van der Waals surface area contributed by atoms with Crippen molar-refractivity contribution in [2.45, 2.75) is 109 Å². The van der Waals surface area contributed by atoms with Gasteiger partial charge in [0.15, 0.2) is 0 Å². The van der Waals surface area contributed by atoms with E-state index in [0.29, 0.717) is 6.42 Å². The van der Waals surface area contributed by atoms with Gasteiger partial charge in [-0.25, -0.2) is 0 Å². The standard InChI is InChI=1S/C28H41NO7/c1-18(6-9-23-15-28(17-33-28)16-24(36-23)12-13-30)7-10-26-19(2)14-25(21(4)35-26)29-27(32)11-8-20(3)34-22(5)31/h6-9,11,13,19-21,23-26H,10,12,14-17H2,1-5H3,(H,29,32)/b9-6+,11-8-,18-7+/t19?,20?,21?,23?,24-,25?,26?,28?/m1/s1. The summed E-state index contributed by atoms with van der Waals surface area (Å²) in [5.74, 6) is -0.325. The van der Waals surface area contributed by atoms with E-state index >= 15 is 0 Å². The Kier molecular flexibility index (Phi) is 10.0. The van der Waals surface area contributed by atoms with Crippen LogP contribution in [0.5, 0.6) is 0 Å². The van der Waals surface area contributed by atoms with Crippen LogP contribution in [0, 0.1) is 5.92 Å². The first-order valence-electron chi connectivity index (χ1n) is 13.0. The Labute approximate surface area is 214 Å². The average Bonchev–Trinajstić information content (AvgIpc) is 3.54. The average molecular weight is 504 g/mol. The molecule has 0 saturated carbocycles. The van der Waals surface area contributed by atoms with Gasteiger partial charge in [0.25, 0.3) is 0 Å². The zero-order valence-electron chi connectivity index (χ0n) is 22.1. The number of hydrogen-bond donors (Lipinski definition) is 1. The second kappa shape index (κ2) is 12.8. The zero-order chi connectivity index (χ0) is 26.3. The van der Waals surface area contributed by atoms with E-state index in [1.807, 2.05) is 6.92 Å². The third-order valence-corrected chi connectivity index (χ3v) is 7.11. The van der Waals surface area contributed by atoms with Crippen molar-refractivity contribution in [3.63, 3.8) is 0 Å². The zero-order valence-corrected chi connectivity index (χ0v) is 22.1. The number of carbonyl (C=O) groups excluding carboxylic acids is 3. The molecule has 3 fully saturated rings. The predicted molar refractivity (Wildman–Crippen MR) is 135 cm³/mol. The maximum Gasteiger partial charge on any atom is 0.303 e. The SMILES string of the molecule is CC(=O)OC(C)/C=C\C(=O)NC1CC(C)C(C/C=C(C)/C=C/C2CC3(CO3)C[C@@H](CC=O)O2)OC1C. The molecule has 0 aromatic carbocycles. The molecule has 0 bridgehead atoms. The van der Waals surface area contributed by atoms with Crippen LogP contribution in [0.1, 0.15) is 66.7 Å². The number of epoxide rings is 1. The molecule has 7 unspecified atom stereocenters. The Morgan fingerprint density at radius 2 is 1.89 bits per heavy atom. The Morgan fingerprint density at radius 1 is 1.14 bits per heavy atom. The van der Waals surface area contributed by atoms with E-state index in [2.05, 4.69) is 37.4 Å². The van der Waals surface area contributed by atoms with E-state index in [-0.39, 0.29) is 53.9 Å². The molecule has 3 rings (SSSR count). The number of rotatable bonds is 10. The summed E-state index contributed by atoms with van der Waals surface area (Å²) in [7, 11) is 0. The van der Waals surface area contributed by atoms with Crippen molar-refractivity contribution in [2.75, 3.05) is 6.61 Å². The van der Waals surface area contributed by atoms with Gasteiger partial charge in [-0.1, -0.05) is 30.7 Å². The molecule has 1 N–H and O–H groups in total. The second-order valence-electron chi connectivity index (χ2n) is 10.5. The number of aldehydes is 1. The molecule has 8 heteroatoms. The van der Waals surface area contributed by atoms with Crippen molar-refractivity contribution in [3.8, 4) is 0 Å². The minimum absolute atomic E-state index is 0.0464. The third-order valence-electron chi connectivity index (χ3n) is 7.11. The highest BCUT2D eigenvalue weighted by molar-refractivity contribution is 5.87. The number of amides is 1. The van der Waals surface area contributed by atoms with Crippen molar-refractivity contribution >= 4 is 18.2 Å². The van der Waals surface area contributed by atoms with Gasteiger partial charge in [0, 0.05) is 32.3 Å². The number of hydrogen-bond acceptors (Lipinski definition) is 7. The van der Waals surface area contributed by atoms with Gasteiger partial charge in [0.1, 0.15) is 12.4 Å². The van der Waals surface area contributed by atoms with Crippen molar-refractivity contribution in [1.29, 1.82) is 0 Å². The first-order chi connectivity index (χ1) is 17.1. The fourth-order valence-electron chi connectivity index (χ4n) is 5.00. The molecule has 8 atom stereocenters. The van der Waals surface area contributed by atoms with E-state index < -0.39 is 6.10 Å². The summed E-state index contributed by atoms with van der Waals surface area (Å²) >= 11 is 0. The maximum atomic E-state index is 12.3. The summed E-state index contributed by atoms with van der Waals surface area (Å²) < 4.78 is 23.0. The third kappa shape index (κ3) is 8.68. The normalized spacial score (nSPS) is 35.6. The highest BCUT2D eigenvalue weighted by Gasteiger charge is 2.51. The van der Waals surface area contributed by atoms with Gasteiger partial charge in [0.05, 0.1) is 42.7 Å². The Morgan fingerprint density at radius 3 is 2.56 bits per heavy atom. The molecule has 3 aliphatic heterocycles. The lowest BCUT2D eigenvalue weighted by Crippen LogP contribution is -2.50. The monoisotopic (exact) mass is 503 g/mol. The van der Waals surface area contributed by atoms with E-state index in [1.165, 1.54) is 13.0 Å². The summed E-state index contributed by atoms with van der Waals surface area (Å²) in [5, 5.41) is 3.01. The number of esters is 1. The molecule has 0 aromatic rings. The van der Waals surface area contributed by atoms with Crippen LogP contribution in [-0.4, -0.2) is 66.9 Å². The highest BCUT2D eigenvalue weighted by atomic mass is 16.6. The first-order valence-corrected chi connectivity index (χ1v) is 13.0. The molecule has 3 aliphatic rings. The molecular formula is C28H41NO7. The van der Waals surface area contributed by atoms with Crippen LogP contribution in [0.2, 0.25) is 0 Å². The van der Waals surface area contributed by atoms with Crippen LogP contribution in [0.4, 0.5) is 0 Å². The second-order valence-corrected chi connectivity index (χ2v) is 10.5. The lowest BCUT2D eigenvalue weighted by molar-refractivity contribution is -0.143. The maximum absolute atomic E-state index is 12.3. The van der Waals surface area contributed by atoms with Crippen LogP contribution >= 0.6 is 0 Å². The number of allylic oxidation sites excluding steroid dienone is 2. The summed E-state index contributed by atoms with van der Waals surface area (Å²) in [4.78, 5) is 34.2. The molecule has 1 spiro atoms. The van der Waals surface area contributed by atoms with Crippen molar-refractivity contribution in [3.05, 3.63) is 36.0 Å². The lowest BCUT2D eigenvalue weighted by atomic mass is 9.88. The van der Waals surface area contributed by atoms with Gasteiger partial charge in [-0.05, 0) is 45.6 Å². The number of nitrogens with one attached hydrogen (secondary N) is 1. The van der Waals surface area contributed by atoms with Gasteiger partial charge in [-0.15, -0.1) is 0 Å². The van der Waals surface area contributed by atoms with Crippen molar-refractivity contribution in [2.24, 2.45) is 5.92 Å². The van der Waals surface area contributed by atoms with E-state index in [9.17, 15) is 14.4 Å². The topological polar surface area (TPSA) is 103 Å². The van der Waals surface area contributed by atoms with Gasteiger partial charge in [-0.2, -0.15) is 0 Å². The summed E-state index contributed by atoms with van der Waals surface area (Å²) in [6, 6.07) is -0.0814. The quantitative estimate of drug-likeness (QED) is 0.160. The van der Waals surface area contributed by atoms with Crippen LogP contribution < -0.4 is 5.32 Å². The molecule has 200 valence electrons. The van der Waals surface area contributed by atoms with Gasteiger partial charge in [0.2, 0.25) is 5.91 Å². The Hall–Kier alpha value is -2.29. The smallest absolute Gasteiger partial charge is 0.303 e. The Balaban J connectivity index is 1.46. The summed E-state index contributed by atoms with van der Waals surface area (Å²) in [6.07, 6.45) is 13.3. The molecule has 3 heterocycles. The summed E-state index contributed by atoms with van der Waals surface area (Å²) in [5.41, 5.74) is 1.04. The van der Waals surface area contributed by atoms with Crippen LogP contribution in [0.25, 0.3) is 0 Å². The van der Waals surface area contributed by atoms with E-state index in [0.717, 1.165) is 44.1 Å². The van der Waals surface area contributed by atoms with Crippen molar-refractivity contribution in [1.82, 2.24) is 5.32 Å². The number of ether oxygens (including phenoxy) is 4. The van der Waals surface area contributed by atoms with Crippen LogP contribution in [0.15, 0.2) is 36.0 Å². The highest BCUT2D eigenvalue weighted by Crippen LogP contribution is 2.43. The predicted octanol–water partition coefficient (Wildman–Crippen LogP) is 3.59. The molecule has 3 saturated heterocycles. The molecule has 0 aromatic heterocycles. The van der Waals surface area contributed by atoms with E-state index in [4.69, 9.17) is 18.9 Å². The lowest BCUT2D eigenvalue weighted by Gasteiger charge is -2.39. The Bertz CT molecular complexity index is 875. The minimum Gasteiger partial charge on any atom is -0.459 e. The fraction of sp³-hybridized carbons (Fsp3) is 0.679. The van der Waals surface area contributed by atoms with Crippen molar-refractivity contribution < 1.29 is 33.3 Å². The summed E-state index contributed by atoms with van der Waals surface area (Å²) in [6.45, 7) is 9.99. The largest absolute Gasteiger partial charge is 0.459 e. The molecule has 8 nitrogen and oxygen atoms in total. The minimum atomic E-state index is -0.453. The molecule has 0 aliphatic carbocycles. The van der Waals surface area contributed by atoms with Gasteiger partial charge in [-0.3, -0.25) is 9.59 Å². The first kappa shape index (κ1) is 28.3. The fourth-order valence-corrected chi connectivity index (χ4v) is 5.00. The molecule has 1 amide bonds. The van der Waals surface area contributed by atoms with Crippen LogP contribution in [0.3, 0.4) is 0 Å². The van der Waals surface area contributed by atoms with Crippen LogP contribution in [-0.2, 0) is 33.3 Å². The van der Waals surface area contributed by atoms with Gasteiger partial charge >= 0.3 is 5.97 Å². The number of carbonyl (C=O) groups is 3. The van der Waals surface area contributed by atoms with Gasteiger partial charge < -0.3 is 29.1 Å². The molecule has 0 radical (unpaired) electrons.